The molecular formula is C26H27NO4. The summed E-state index contributed by atoms with van der Waals surface area (Å²) in [5, 5.41) is 0. The Bertz CT molecular complexity index is 1060. The van der Waals surface area contributed by atoms with E-state index in [1.54, 1.807) is 20.5 Å². The quantitative estimate of drug-likeness (QED) is 0.243. The SMILES string of the molecule is CCc1cccc(OC(=Nc2ccc(OC)cc2)C(C)=COc2ccccc2OC)c1. The van der Waals surface area contributed by atoms with Gasteiger partial charge < -0.3 is 18.9 Å². The number of benzene rings is 3. The molecule has 0 atom stereocenters. The molecule has 5 heteroatoms. The smallest absolute Gasteiger partial charge is 0.225 e. The Labute approximate surface area is 183 Å². The van der Waals surface area contributed by atoms with Crippen molar-refractivity contribution in [1.29, 1.82) is 0 Å². The fourth-order valence-electron chi connectivity index (χ4n) is 2.82. The summed E-state index contributed by atoms with van der Waals surface area (Å²) in [6.07, 6.45) is 2.54. The number of nitrogens with zero attached hydrogens (tertiary/aromatic N) is 1. The van der Waals surface area contributed by atoms with E-state index in [-0.39, 0.29) is 0 Å². The summed E-state index contributed by atoms with van der Waals surface area (Å²) in [7, 11) is 3.24. The van der Waals surface area contributed by atoms with Crippen LogP contribution in [-0.4, -0.2) is 20.1 Å². The zero-order valence-electron chi connectivity index (χ0n) is 18.3. The Hall–Kier alpha value is -3.73. The minimum atomic E-state index is 0.438. The van der Waals surface area contributed by atoms with Crippen molar-refractivity contribution in [3.63, 3.8) is 0 Å². The van der Waals surface area contributed by atoms with Gasteiger partial charge >= 0.3 is 0 Å². The molecule has 0 N–H and O–H groups in total. The Kier molecular flexibility index (Phi) is 7.71. The predicted molar refractivity (Wildman–Crippen MR) is 124 cm³/mol. The van der Waals surface area contributed by atoms with E-state index in [0.29, 0.717) is 17.4 Å². The van der Waals surface area contributed by atoms with Gasteiger partial charge in [-0.3, -0.25) is 0 Å². The number of aryl methyl sites for hydroxylation is 1. The van der Waals surface area contributed by atoms with Crippen LogP contribution in [0, 0.1) is 0 Å². The van der Waals surface area contributed by atoms with Crippen molar-refractivity contribution in [2.24, 2.45) is 4.99 Å². The Morgan fingerprint density at radius 1 is 0.839 bits per heavy atom. The monoisotopic (exact) mass is 417 g/mol. The van der Waals surface area contributed by atoms with Crippen molar-refractivity contribution in [3.8, 4) is 23.0 Å². The molecule has 160 valence electrons. The van der Waals surface area contributed by atoms with Gasteiger partial charge in [0.05, 0.1) is 26.2 Å². The molecule has 0 aliphatic carbocycles. The molecule has 3 aromatic carbocycles. The van der Waals surface area contributed by atoms with Crippen molar-refractivity contribution in [2.75, 3.05) is 14.2 Å². The average molecular weight is 418 g/mol. The first kappa shape index (κ1) is 22.0. The van der Waals surface area contributed by atoms with E-state index in [9.17, 15) is 0 Å². The van der Waals surface area contributed by atoms with Gasteiger partial charge in [-0.25, -0.2) is 4.99 Å². The molecule has 0 amide bonds. The van der Waals surface area contributed by atoms with Gasteiger partial charge in [-0.1, -0.05) is 31.2 Å². The van der Waals surface area contributed by atoms with Crippen molar-refractivity contribution in [2.45, 2.75) is 20.3 Å². The maximum Gasteiger partial charge on any atom is 0.225 e. The minimum absolute atomic E-state index is 0.438. The van der Waals surface area contributed by atoms with E-state index >= 15 is 0 Å². The Morgan fingerprint density at radius 2 is 1.58 bits per heavy atom. The molecule has 0 saturated carbocycles. The van der Waals surface area contributed by atoms with Crippen LogP contribution in [-0.2, 0) is 6.42 Å². The molecule has 0 heterocycles. The number of methoxy groups -OCH3 is 2. The summed E-state index contributed by atoms with van der Waals surface area (Å²) < 4.78 is 22.6. The van der Waals surface area contributed by atoms with Crippen molar-refractivity contribution in [3.05, 3.63) is 90.2 Å². The number of aliphatic imine (C=N–C) groups is 1. The second-order valence-corrected chi connectivity index (χ2v) is 6.79. The summed E-state index contributed by atoms with van der Waals surface area (Å²) in [6, 6.07) is 22.9. The van der Waals surface area contributed by atoms with Gasteiger partial charge in [0.15, 0.2) is 11.5 Å². The largest absolute Gasteiger partial charge is 0.497 e. The van der Waals surface area contributed by atoms with Crippen LogP contribution in [0.1, 0.15) is 19.4 Å². The summed E-state index contributed by atoms with van der Waals surface area (Å²) in [5.74, 6) is 3.19. The maximum absolute atomic E-state index is 6.16. The average Bonchev–Trinajstić information content (AvgIpc) is 2.82. The lowest BCUT2D eigenvalue weighted by molar-refractivity contribution is 0.377. The number of ether oxygens (including phenoxy) is 4. The molecule has 5 nitrogen and oxygen atoms in total. The summed E-state index contributed by atoms with van der Waals surface area (Å²) in [5.41, 5.74) is 2.66. The second kappa shape index (κ2) is 10.9. The van der Waals surface area contributed by atoms with Crippen LogP contribution in [0.3, 0.4) is 0 Å². The van der Waals surface area contributed by atoms with Gasteiger partial charge in [-0.2, -0.15) is 0 Å². The van der Waals surface area contributed by atoms with E-state index in [1.165, 1.54) is 5.56 Å². The van der Waals surface area contributed by atoms with E-state index in [0.717, 1.165) is 29.2 Å². The number of rotatable bonds is 8. The fraction of sp³-hybridized carbons (Fsp3) is 0.192. The van der Waals surface area contributed by atoms with Crippen LogP contribution in [0.25, 0.3) is 0 Å². The zero-order chi connectivity index (χ0) is 22.1. The van der Waals surface area contributed by atoms with Crippen molar-refractivity contribution < 1.29 is 18.9 Å². The molecule has 0 aliphatic heterocycles. The van der Waals surface area contributed by atoms with Crippen LogP contribution < -0.4 is 18.9 Å². The summed E-state index contributed by atoms with van der Waals surface area (Å²) in [4.78, 5) is 4.70. The highest BCUT2D eigenvalue weighted by atomic mass is 16.5. The van der Waals surface area contributed by atoms with Gasteiger partial charge in [0.2, 0.25) is 5.90 Å². The van der Waals surface area contributed by atoms with Crippen LogP contribution >= 0.6 is 0 Å². The Balaban J connectivity index is 1.92. The van der Waals surface area contributed by atoms with E-state index in [4.69, 9.17) is 23.9 Å². The first-order valence-corrected chi connectivity index (χ1v) is 10.1. The molecule has 0 radical (unpaired) electrons. The molecule has 0 aromatic heterocycles. The predicted octanol–water partition coefficient (Wildman–Crippen LogP) is 6.36. The third-order valence-electron chi connectivity index (χ3n) is 4.59. The zero-order valence-corrected chi connectivity index (χ0v) is 18.3. The highest BCUT2D eigenvalue weighted by Crippen LogP contribution is 2.27. The number of hydrogen-bond donors (Lipinski definition) is 0. The number of para-hydroxylation sites is 2. The maximum atomic E-state index is 6.16. The third-order valence-corrected chi connectivity index (χ3v) is 4.59. The lowest BCUT2D eigenvalue weighted by atomic mass is 10.2. The van der Waals surface area contributed by atoms with E-state index < -0.39 is 0 Å². The molecular weight excluding hydrogens is 390 g/mol. The molecule has 0 saturated heterocycles. The summed E-state index contributed by atoms with van der Waals surface area (Å²) >= 11 is 0. The van der Waals surface area contributed by atoms with Gasteiger partial charge in [0.25, 0.3) is 0 Å². The normalized spacial score (nSPS) is 11.7. The molecule has 0 unspecified atom stereocenters. The highest BCUT2D eigenvalue weighted by Gasteiger charge is 2.10. The lowest BCUT2D eigenvalue weighted by Gasteiger charge is -2.12. The van der Waals surface area contributed by atoms with Crippen LogP contribution in [0.5, 0.6) is 23.0 Å². The molecule has 31 heavy (non-hydrogen) atoms. The van der Waals surface area contributed by atoms with Gasteiger partial charge in [0, 0.05) is 5.57 Å². The molecule has 0 spiro atoms. The van der Waals surface area contributed by atoms with Crippen LogP contribution in [0.2, 0.25) is 0 Å². The minimum Gasteiger partial charge on any atom is -0.497 e. The summed E-state index contributed by atoms with van der Waals surface area (Å²) in [6.45, 7) is 4.00. The van der Waals surface area contributed by atoms with E-state index in [1.807, 2.05) is 73.7 Å². The molecule has 0 aliphatic rings. The Morgan fingerprint density at radius 3 is 2.26 bits per heavy atom. The van der Waals surface area contributed by atoms with E-state index in [2.05, 4.69) is 13.0 Å². The van der Waals surface area contributed by atoms with Crippen LogP contribution in [0.15, 0.2) is 89.6 Å². The van der Waals surface area contributed by atoms with Crippen molar-refractivity contribution in [1.82, 2.24) is 0 Å². The van der Waals surface area contributed by atoms with Gasteiger partial charge in [-0.05, 0) is 67.4 Å². The molecule has 0 fully saturated rings. The highest BCUT2D eigenvalue weighted by molar-refractivity contribution is 5.96. The topological polar surface area (TPSA) is 49.3 Å². The van der Waals surface area contributed by atoms with Crippen LogP contribution in [0.4, 0.5) is 5.69 Å². The first-order valence-electron chi connectivity index (χ1n) is 10.1. The molecule has 3 aromatic rings. The lowest BCUT2D eigenvalue weighted by Crippen LogP contribution is -2.11. The van der Waals surface area contributed by atoms with Crippen molar-refractivity contribution >= 4 is 11.6 Å². The fourth-order valence-corrected chi connectivity index (χ4v) is 2.82. The third kappa shape index (κ3) is 6.12. The van der Waals surface area contributed by atoms with Gasteiger partial charge in [-0.15, -0.1) is 0 Å². The van der Waals surface area contributed by atoms with Gasteiger partial charge in [0.1, 0.15) is 11.5 Å². The molecule has 3 rings (SSSR count). The second-order valence-electron chi connectivity index (χ2n) is 6.79. The standard InChI is InChI=1S/C26H27NO4/c1-5-20-9-8-10-23(17-20)31-26(27-21-13-15-22(28-3)16-14-21)19(2)18-30-25-12-7-6-11-24(25)29-4/h6-18H,5H2,1-4H3. The number of hydrogen-bond acceptors (Lipinski definition) is 5. The molecule has 0 bridgehead atoms. The first-order chi connectivity index (χ1) is 15.1.